The van der Waals surface area contributed by atoms with Crippen LogP contribution in [0.25, 0.3) is 0 Å². The van der Waals surface area contributed by atoms with Crippen molar-refractivity contribution in [2.75, 3.05) is 13.2 Å². The van der Waals surface area contributed by atoms with Crippen LogP contribution in [0.4, 0.5) is 0 Å². The van der Waals surface area contributed by atoms with E-state index in [1.165, 1.54) is 6.42 Å². The quantitative estimate of drug-likeness (QED) is 0.850. The van der Waals surface area contributed by atoms with Crippen molar-refractivity contribution in [3.63, 3.8) is 0 Å². The Kier molecular flexibility index (Phi) is 4.83. The summed E-state index contributed by atoms with van der Waals surface area (Å²) in [6.07, 6.45) is 3.56. The lowest BCUT2D eigenvalue weighted by molar-refractivity contribution is 0.0296. The van der Waals surface area contributed by atoms with Gasteiger partial charge >= 0.3 is 0 Å². The van der Waals surface area contributed by atoms with Gasteiger partial charge in [-0.2, -0.15) is 0 Å². The van der Waals surface area contributed by atoms with Crippen molar-refractivity contribution in [2.45, 2.75) is 31.4 Å². The van der Waals surface area contributed by atoms with Gasteiger partial charge in [0.15, 0.2) is 0 Å². The summed E-state index contributed by atoms with van der Waals surface area (Å²) in [5, 5.41) is 0. The summed E-state index contributed by atoms with van der Waals surface area (Å²) in [6.45, 7) is 1.17. The lowest BCUT2D eigenvalue weighted by Gasteiger charge is -2.16. The molecule has 0 amide bonds. The zero-order valence-corrected chi connectivity index (χ0v) is 11.4. The summed E-state index contributed by atoms with van der Waals surface area (Å²) in [5.74, 6) is 0.860. The van der Waals surface area contributed by atoms with Crippen LogP contribution in [-0.2, 0) is 4.74 Å². The summed E-state index contributed by atoms with van der Waals surface area (Å²) in [6, 6.07) is 8.02. The minimum absolute atomic E-state index is 0.209. The number of halogens is 1. The Labute approximate surface area is 110 Å². The largest absolute Gasteiger partial charge is 0.491 e. The summed E-state index contributed by atoms with van der Waals surface area (Å²) >= 11 is 3.41. The predicted octanol–water partition coefficient (Wildman–Crippen LogP) is 2.72. The van der Waals surface area contributed by atoms with Crippen LogP contribution >= 0.6 is 15.9 Å². The normalized spacial score (nSPS) is 23.9. The maximum Gasteiger partial charge on any atom is 0.120 e. The highest BCUT2D eigenvalue weighted by atomic mass is 79.9. The molecule has 0 saturated heterocycles. The Morgan fingerprint density at radius 3 is 2.88 bits per heavy atom. The van der Waals surface area contributed by atoms with E-state index in [2.05, 4.69) is 15.9 Å². The van der Waals surface area contributed by atoms with Crippen molar-refractivity contribution in [1.29, 1.82) is 0 Å². The highest BCUT2D eigenvalue weighted by Gasteiger charge is 2.24. The van der Waals surface area contributed by atoms with Crippen molar-refractivity contribution in [3.8, 4) is 5.75 Å². The van der Waals surface area contributed by atoms with E-state index in [-0.39, 0.29) is 12.1 Å². The molecule has 94 valence electrons. The Morgan fingerprint density at radius 1 is 1.29 bits per heavy atom. The number of ether oxygens (including phenoxy) is 2. The molecule has 1 aromatic rings. The number of hydrogen-bond acceptors (Lipinski definition) is 3. The van der Waals surface area contributed by atoms with Crippen LogP contribution in [0.3, 0.4) is 0 Å². The lowest BCUT2D eigenvalue weighted by atomic mass is 10.2. The highest BCUT2D eigenvalue weighted by Crippen LogP contribution is 2.20. The van der Waals surface area contributed by atoms with E-state index in [9.17, 15) is 0 Å². The average Bonchev–Trinajstić information content (AvgIpc) is 2.71. The smallest absolute Gasteiger partial charge is 0.120 e. The van der Waals surface area contributed by atoms with E-state index in [0.29, 0.717) is 13.2 Å². The van der Waals surface area contributed by atoms with Gasteiger partial charge in [0, 0.05) is 10.5 Å². The van der Waals surface area contributed by atoms with E-state index >= 15 is 0 Å². The minimum Gasteiger partial charge on any atom is -0.491 e. The standard InChI is InChI=1S/C13H18BrNO2/c14-10-3-1-4-11(9-10)16-7-8-17-13-6-2-5-12(13)15/h1,3-4,9,12-13H,2,5-8,15H2. The summed E-state index contributed by atoms with van der Waals surface area (Å²) < 4.78 is 12.3. The first-order valence-corrected chi connectivity index (χ1v) is 6.80. The Hall–Kier alpha value is -0.580. The first kappa shape index (κ1) is 12.9. The molecule has 1 saturated carbocycles. The Morgan fingerprint density at radius 2 is 2.18 bits per heavy atom. The number of nitrogens with two attached hydrogens (primary N) is 1. The van der Waals surface area contributed by atoms with Crippen LogP contribution < -0.4 is 10.5 Å². The van der Waals surface area contributed by atoms with Crippen molar-refractivity contribution in [1.82, 2.24) is 0 Å². The van der Waals surface area contributed by atoms with Crippen molar-refractivity contribution in [3.05, 3.63) is 28.7 Å². The van der Waals surface area contributed by atoms with E-state index in [4.69, 9.17) is 15.2 Å². The van der Waals surface area contributed by atoms with Gasteiger partial charge in [0.05, 0.1) is 12.7 Å². The third kappa shape index (κ3) is 3.98. The Bertz CT molecular complexity index is 359. The fourth-order valence-corrected chi connectivity index (χ4v) is 2.46. The van der Waals surface area contributed by atoms with Crippen LogP contribution in [0.2, 0.25) is 0 Å². The van der Waals surface area contributed by atoms with E-state index in [1.807, 2.05) is 24.3 Å². The molecule has 17 heavy (non-hydrogen) atoms. The van der Waals surface area contributed by atoms with Crippen molar-refractivity contribution < 1.29 is 9.47 Å². The second-order valence-corrected chi connectivity index (χ2v) is 5.23. The summed E-state index contributed by atoms with van der Waals surface area (Å²) in [4.78, 5) is 0. The maximum absolute atomic E-state index is 5.92. The summed E-state index contributed by atoms with van der Waals surface area (Å²) in [7, 11) is 0. The second-order valence-electron chi connectivity index (χ2n) is 4.31. The highest BCUT2D eigenvalue weighted by molar-refractivity contribution is 9.10. The molecule has 0 aromatic heterocycles. The number of hydrogen-bond donors (Lipinski definition) is 1. The molecule has 2 rings (SSSR count). The van der Waals surface area contributed by atoms with Gasteiger partial charge in [-0.3, -0.25) is 0 Å². The molecule has 2 unspecified atom stereocenters. The van der Waals surface area contributed by atoms with Crippen molar-refractivity contribution in [2.24, 2.45) is 5.73 Å². The van der Waals surface area contributed by atoms with Gasteiger partial charge in [-0.15, -0.1) is 0 Å². The molecule has 1 aliphatic rings. The molecule has 1 aliphatic carbocycles. The molecule has 4 heteroatoms. The summed E-state index contributed by atoms with van der Waals surface area (Å²) in [5.41, 5.74) is 5.92. The average molecular weight is 300 g/mol. The number of benzene rings is 1. The van der Waals surface area contributed by atoms with E-state index in [0.717, 1.165) is 23.1 Å². The van der Waals surface area contributed by atoms with Gasteiger partial charge in [0.1, 0.15) is 12.4 Å². The zero-order chi connectivity index (χ0) is 12.1. The number of rotatable bonds is 5. The molecule has 0 aliphatic heterocycles. The lowest BCUT2D eigenvalue weighted by Crippen LogP contribution is -2.32. The van der Waals surface area contributed by atoms with Crippen molar-refractivity contribution >= 4 is 15.9 Å². The monoisotopic (exact) mass is 299 g/mol. The third-order valence-corrected chi connectivity index (χ3v) is 3.48. The molecule has 3 nitrogen and oxygen atoms in total. The van der Waals surface area contributed by atoms with E-state index in [1.54, 1.807) is 0 Å². The molecular formula is C13H18BrNO2. The minimum atomic E-state index is 0.209. The van der Waals surface area contributed by atoms with Gasteiger partial charge < -0.3 is 15.2 Å². The van der Waals surface area contributed by atoms with Gasteiger partial charge in [-0.05, 0) is 37.5 Å². The molecule has 2 atom stereocenters. The first-order chi connectivity index (χ1) is 8.25. The third-order valence-electron chi connectivity index (χ3n) is 2.98. The first-order valence-electron chi connectivity index (χ1n) is 6.01. The molecular weight excluding hydrogens is 282 g/mol. The second kappa shape index (κ2) is 6.38. The SMILES string of the molecule is NC1CCCC1OCCOc1cccc(Br)c1. The van der Waals surface area contributed by atoms with Gasteiger partial charge in [0.2, 0.25) is 0 Å². The topological polar surface area (TPSA) is 44.5 Å². The van der Waals surface area contributed by atoms with Crippen LogP contribution in [0.1, 0.15) is 19.3 Å². The fraction of sp³-hybridized carbons (Fsp3) is 0.538. The molecule has 0 spiro atoms. The molecule has 0 radical (unpaired) electrons. The van der Waals surface area contributed by atoms with Crippen LogP contribution in [0, 0.1) is 0 Å². The van der Waals surface area contributed by atoms with Crippen LogP contribution in [-0.4, -0.2) is 25.4 Å². The Balaban J connectivity index is 1.66. The van der Waals surface area contributed by atoms with Crippen LogP contribution in [0.5, 0.6) is 5.75 Å². The van der Waals surface area contributed by atoms with Crippen LogP contribution in [0.15, 0.2) is 28.7 Å². The van der Waals surface area contributed by atoms with Gasteiger partial charge in [-0.1, -0.05) is 22.0 Å². The predicted molar refractivity (Wildman–Crippen MR) is 71.2 cm³/mol. The van der Waals surface area contributed by atoms with Gasteiger partial charge in [-0.25, -0.2) is 0 Å². The molecule has 1 aromatic carbocycles. The zero-order valence-electron chi connectivity index (χ0n) is 9.77. The molecule has 2 N–H and O–H groups in total. The van der Waals surface area contributed by atoms with E-state index < -0.39 is 0 Å². The molecule has 1 fully saturated rings. The molecule has 0 bridgehead atoms. The maximum atomic E-state index is 5.92. The fourth-order valence-electron chi connectivity index (χ4n) is 2.08. The van der Waals surface area contributed by atoms with Gasteiger partial charge in [0.25, 0.3) is 0 Å². The molecule has 0 heterocycles.